The Bertz CT molecular complexity index is 382. The number of hydrogen-bond acceptors (Lipinski definition) is 2. The molecule has 2 rings (SSSR count). The van der Waals surface area contributed by atoms with Crippen LogP contribution in [0, 0.1) is 6.92 Å². The lowest BCUT2D eigenvalue weighted by Gasteiger charge is -2.19. The molecule has 0 aliphatic carbocycles. The monoisotopic (exact) mass is 276 g/mol. The summed E-state index contributed by atoms with van der Waals surface area (Å²) in [7, 11) is 0. The van der Waals surface area contributed by atoms with E-state index in [0.717, 1.165) is 10.0 Å². The zero-order chi connectivity index (χ0) is 11.1. The summed E-state index contributed by atoms with van der Waals surface area (Å²) in [4.78, 5) is 5.75. The van der Waals surface area contributed by atoms with Gasteiger partial charge in [-0.1, -0.05) is 0 Å². The highest BCUT2D eigenvalue weighted by Crippen LogP contribution is 2.34. The van der Waals surface area contributed by atoms with Gasteiger partial charge in [-0.05, 0) is 34.5 Å². The Morgan fingerprint density at radius 3 is 2.87 bits per heavy atom. The van der Waals surface area contributed by atoms with E-state index in [4.69, 9.17) is 0 Å². The molecule has 1 aliphatic rings. The molecule has 0 aromatic carbocycles. The van der Waals surface area contributed by atoms with E-state index in [1.807, 2.05) is 13.0 Å². The van der Waals surface area contributed by atoms with E-state index >= 15 is 0 Å². The molecule has 82 valence electrons. The lowest BCUT2D eigenvalue weighted by Crippen LogP contribution is -2.26. The molecule has 1 fully saturated rings. The zero-order valence-electron chi connectivity index (χ0n) is 8.30. The number of pyridine rings is 1. The minimum atomic E-state index is -2.58. The van der Waals surface area contributed by atoms with Crippen molar-refractivity contribution in [2.45, 2.75) is 19.3 Å². The third-order valence-electron chi connectivity index (χ3n) is 2.53. The quantitative estimate of drug-likeness (QED) is 0.784. The highest BCUT2D eigenvalue weighted by molar-refractivity contribution is 9.10. The molecule has 0 unspecified atom stereocenters. The number of aryl methyl sites for hydroxylation is 1. The van der Waals surface area contributed by atoms with Crippen LogP contribution in [0.25, 0.3) is 0 Å². The van der Waals surface area contributed by atoms with Crippen LogP contribution in [0.1, 0.15) is 12.0 Å². The molecule has 0 bridgehead atoms. The standard InChI is InChI=1S/C10H11BrF2N2/c1-7-2-4-14-9(8(7)11)15-5-3-10(12,13)6-15/h2,4H,3,5-6H2,1H3. The maximum atomic E-state index is 13.0. The SMILES string of the molecule is Cc1ccnc(N2CCC(F)(F)C2)c1Br. The first kappa shape index (κ1) is 10.8. The van der Waals surface area contributed by atoms with E-state index in [9.17, 15) is 8.78 Å². The van der Waals surface area contributed by atoms with Gasteiger partial charge in [0.1, 0.15) is 5.82 Å². The number of halogens is 3. The molecule has 15 heavy (non-hydrogen) atoms. The molecule has 0 atom stereocenters. The molecule has 1 saturated heterocycles. The summed E-state index contributed by atoms with van der Waals surface area (Å²) in [5.74, 6) is -1.96. The second kappa shape index (κ2) is 3.70. The second-order valence-electron chi connectivity index (χ2n) is 3.79. The van der Waals surface area contributed by atoms with Gasteiger partial charge in [0, 0.05) is 19.2 Å². The van der Waals surface area contributed by atoms with Crippen molar-refractivity contribution >= 4 is 21.7 Å². The van der Waals surface area contributed by atoms with Gasteiger partial charge in [-0.2, -0.15) is 0 Å². The molecule has 0 N–H and O–H groups in total. The number of rotatable bonds is 1. The molecule has 0 radical (unpaired) electrons. The molecule has 1 aromatic rings. The van der Waals surface area contributed by atoms with Crippen LogP contribution >= 0.6 is 15.9 Å². The zero-order valence-corrected chi connectivity index (χ0v) is 9.89. The smallest absolute Gasteiger partial charge is 0.266 e. The van der Waals surface area contributed by atoms with Gasteiger partial charge in [-0.3, -0.25) is 0 Å². The van der Waals surface area contributed by atoms with Crippen molar-refractivity contribution in [3.05, 3.63) is 22.3 Å². The Hall–Kier alpha value is -0.710. The van der Waals surface area contributed by atoms with Crippen LogP contribution in [-0.2, 0) is 0 Å². The largest absolute Gasteiger partial charge is 0.349 e. The minimum Gasteiger partial charge on any atom is -0.349 e. The third kappa shape index (κ3) is 2.12. The predicted octanol–water partition coefficient (Wildman–Crippen LogP) is 3.00. The summed E-state index contributed by atoms with van der Waals surface area (Å²) < 4.78 is 26.9. The van der Waals surface area contributed by atoms with Gasteiger partial charge >= 0.3 is 0 Å². The fourth-order valence-corrected chi connectivity index (χ4v) is 2.15. The summed E-state index contributed by atoms with van der Waals surface area (Å²) in [5, 5.41) is 0. The Balaban J connectivity index is 2.28. The minimum absolute atomic E-state index is 0.0882. The molecule has 2 nitrogen and oxygen atoms in total. The average molecular weight is 277 g/mol. The first-order valence-corrected chi connectivity index (χ1v) is 5.53. The van der Waals surface area contributed by atoms with Crippen LogP contribution in [0.3, 0.4) is 0 Å². The number of aromatic nitrogens is 1. The maximum Gasteiger partial charge on any atom is 0.266 e. The first-order valence-electron chi connectivity index (χ1n) is 4.73. The van der Waals surface area contributed by atoms with Crippen LogP contribution in [0.15, 0.2) is 16.7 Å². The number of anilines is 1. The van der Waals surface area contributed by atoms with E-state index in [1.54, 1.807) is 11.1 Å². The van der Waals surface area contributed by atoms with Gasteiger partial charge in [0.15, 0.2) is 0 Å². The van der Waals surface area contributed by atoms with Crippen LogP contribution in [-0.4, -0.2) is 24.0 Å². The molecular weight excluding hydrogens is 266 g/mol. The number of nitrogens with zero attached hydrogens (tertiary/aromatic N) is 2. The lowest BCUT2D eigenvalue weighted by molar-refractivity contribution is 0.0256. The van der Waals surface area contributed by atoms with Gasteiger partial charge in [0.05, 0.1) is 11.0 Å². The van der Waals surface area contributed by atoms with Crippen molar-refractivity contribution in [3.8, 4) is 0 Å². The molecular formula is C10H11BrF2N2. The third-order valence-corrected chi connectivity index (χ3v) is 3.51. The average Bonchev–Trinajstić information content (AvgIpc) is 2.51. The maximum absolute atomic E-state index is 13.0. The highest BCUT2D eigenvalue weighted by atomic mass is 79.9. The normalized spacial score (nSPS) is 19.6. The summed E-state index contributed by atoms with van der Waals surface area (Å²) >= 11 is 3.38. The van der Waals surface area contributed by atoms with Gasteiger partial charge in [0.25, 0.3) is 5.92 Å². The number of hydrogen-bond donors (Lipinski definition) is 0. The summed E-state index contributed by atoms with van der Waals surface area (Å²) in [5.41, 5.74) is 1.01. The van der Waals surface area contributed by atoms with Crippen molar-refractivity contribution in [1.82, 2.24) is 4.98 Å². The predicted molar refractivity (Wildman–Crippen MR) is 58.5 cm³/mol. The molecule has 1 aromatic heterocycles. The van der Waals surface area contributed by atoms with E-state index < -0.39 is 5.92 Å². The molecule has 0 saturated carbocycles. The molecule has 2 heterocycles. The number of alkyl halides is 2. The van der Waals surface area contributed by atoms with Crippen LogP contribution in [0.4, 0.5) is 14.6 Å². The van der Waals surface area contributed by atoms with E-state index in [0.29, 0.717) is 12.4 Å². The van der Waals surface area contributed by atoms with Crippen LogP contribution in [0.5, 0.6) is 0 Å². The Morgan fingerprint density at radius 1 is 1.53 bits per heavy atom. The summed E-state index contributed by atoms with van der Waals surface area (Å²) in [6, 6.07) is 1.85. The van der Waals surface area contributed by atoms with Crippen molar-refractivity contribution < 1.29 is 8.78 Å². The fourth-order valence-electron chi connectivity index (χ4n) is 1.66. The molecule has 0 spiro atoms. The van der Waals surface area contributed by atoms with Crippen molar-refractivity contribution in [2.75, 3.05) is 18.0 Å². The highest BCUT2D eigenvalue weighted by Gasteiger charge is 2.39. The van der Waals surface area contributed by atoms with Crippen molar-refractivity contribution in [2.24, 2.45) is 0 Å². The van der Waals surface area contributed by atoms with Crippen LogP contribution < -0.4 is 4.90 Å². The Morgan fingerprint density at radius 2 is 2.27 bits per heavy atom. The summed E-state index contributed by atoms with van der Waals surface area (Å²) in [6.07, 6.45) is 1.56. The van der Waals surface area contributed by atoms with Gasteiger partial charge in [-0.25, -0.2) is 13.8 Å². The molecule has 5 heteroatoms. The fraction of sp³-hybridized carbons (Fsp3) is 0.500. The van der Waals surface area contributed by atoms with Gasteiger partial charge < -0.3 is 4.90 Å². The van der Waals surface area contributed by atoms with E-state index in [-0.39, 0.29) is 13.0 Å². The lowest BCUT2D eigenvalue weighted by atomic mass is 10.3. The second-order valence-corrected chi connectivity index (χ2v) is 4.59. The van der Waals surface area contributed by atoms with Gasteiger partial charge in [0.2, 0.25) is 0 Å². The van der Waals surface area contributed by atoms with Crippen LogP contribution in [0.2, 0.25) is 0 Å². The Kier molecular flexibility index (Phi) is 2.66. The Labute approximate surface area is 95.4 Å². The van der Waals surface area contributed by atoms with Crippen molar-refractivity contribution in [3.63, 3.8) is 0 Å². The van der Waals surface area contributed by atoms with E-state index in [2.05, 4.69) is 20.9 Å². The molecule has 0 amide bonds. The van der Waals surface area contributed by atoms with Crippen molar-refractivity contribution in [1.29, 1.82) is 0 Å². The summed E-state index contributed by atoms with van der Waals surface area (Å²) in [6.45, 7) is 2.05. The van der Waals surface area contributed by atoms with Gasteiger partial charge in [-0.15, -0.1) is 0 Å². The topological polar surface area (TPSA) is 16.1 Å². The first-order chi connectivity index (χ1) is 6.99. The molecule has 1 aliphatic heterocycles. The van der Waals surface area contributed by atoms with E-state index in [1.165, 1.54) is 0 Å².